The molecule has 1 aromatic carbocycles. The zero-order valence-corrected chi connectivity index (χ0v) is 18.1. The van der Waals surface area contributed by atoms with E-state index in [-0.39, 0.29) is 30.1 Å². The van der Waals surface area contributed by atoms with E-state index >= 15 is 0 Å². The normalized spacial score (nSPS) is 20.9. The average Bonchev–Trinajstić information content (AvgIpc) is 2.55. The predicted octanol–water partition coefficient (Wildman–Crippen LogP) is 3.43. The maximum Gasteiger partial charge on any atom is 0.191 e. The summed E-state index contributed by atoms with van der Waals surface area (Å²) in [6.45, 7) is 3.42. The Morgan fingerprint density at radius 2 is 2.04 bits per heavy atom. The van der Waals surface area contributed by atoms with E-state index in [1.807, 2.05) is 18.2 Å². The molecule has 1 aliphatic carbocycles. The Bertz CT molecular complexity index is 535. The Balaban J connectivity index is 0.00000288. The summed E-state index contributed by atoms with van der Waals surface area (Å²) in [5.74, 6) is 1.66. The van der Waals surface area contributed by atoms with Crippen LogP contribution in [-0.2, 0) is 6.54 Å². The number of aliphatic hydroxyl groups is 1. The van der Waals surface area contributed by atoms with Gasteiger partial charge >= 0.3 is 0 Å². The van der Waals surface area contributed by atoms with Gasteiger partial charge in [-0.2, -0.15) is 0 Å². The monoisotopic (exact) mass is 511 g/mol. The van der Waals surface area contributed by atoms with Crippen LogP contribution in [0.5, 0.6) is 5.75 Å². The third kappa shape index (κ3) is 6.76. The second-order valence-electron chi connectivity index (χ2n) is 5.80. The summed E-state index contributed by atoms with van der Waals surface area (Å²) in [5, 5.41) is 16.4. The van der Waals surface area contributed by atoms with E-state index in [9.17, 15) is 5.11 Å². The number of nitrogens with zero attached hydrogens (tertiary/aromatic N) is 1. The lowest BCUT2D eigenvalue weighted by Crippen LogP contribution is -2.45. The van der Waals surface area contributed by atoms with Crippen molar-refractivity contribution in [2.24, 2.45) is 4.99 Å². The van der Waals surface area contributed by atoms with Crippen LogP contribution in [0.25, 0.3) is 0 Å². The molecule has 1 fully saturated rings. The third-order valence-electron chi connectivity index (χ3n) is 4.03. The summed E-state index contributed by atoms with van der Waals surface area (Å²) < 4.78 is 6.41. The number of aliphatic imine (C=N–C) groups is 1. The Morgan fingerprint density at radius 3 is 2.67 bits per heavy atom. The van der Waals surface area contributed by atoms with Crippen LogP contribution in [0.1, 0.15) is 38.2 Å². The maximum absolute atomic E-state index is 9.61. The van der Waals surface area contributed by atoms with Gasteiger partial charge in [0.1, 0.15) is 5.75 Å². The van der Waals surface area contributed by atoms with Crippen molar-refractivity contribution in [3.05, 3.63) is 28.2 Å². The van der Waals surface area contributed by atoms with E-state index in [0.717, 1.165) is 54.0 Å². The van der Waals surface area contributed by atoms with Crippen molar-refractivity contribution in [2.45, 2.75) is 51.3 Å². The molecule has 0 bridgehead atoms. The summed E-state index contributed by atoms with van der Waals surface area (Å²) in [6.07, 6.45) is 3.53. The lowest BCUT2D eigenvalue weighted by molar-refractivity contribution is 0.120. The first-order chi connectivity index (χ1) is 11.1. The number of aliphatic hydroxyl groups excluding tert-OH is 1. The Kier molecular flexibility index (Phi) is 9.99. The fourth-order valence-corrected chi connectivity index (χ4v) is 3.18. The highest BCUT2D eigenvalue weighted by molar-refractivity contribution is 14.0. The molecule has 1 aromatic rings. The molecule has 0 amide bonds. The summed E-state index contributed by atoms with van der Waals surface area (Å²) in [7, 11) is 1.67. The van der Waals surface area contributed by atoms with Gasteiger partial charge in [-0.15, -0.1) is 24.0 Å². The molecule has 0 atom stereocenters. The fraction of sp³-hybridized carbons (Fsp3) is 0.588. The zero-order chi connectivity index (χ0) is 16.7. The number of nitrogens with one attached hydrogen (secondary N) is 2. The first-order valence-corrected chi connectivity index (χ1v) is 8.97. The summed E-state index contributed by atoms with van der Waals surface area (Å²) in [4.78, 5) is 4.68. The van der Waals surface area contributed by atoms with Crippen LogP contribution in [0.3, 0.4) is 0 Å². The van der Waals surface area contributed by atoms with Gasteiger partial charge in [0.15, 0.2) is 5.96 Å². The zero-order valence-electron chi connectivity index (χ0n) is 14.2. The smallest absolute Gasteiger partial charge is 0.191 e. The number of methoxy groups -OCH3 is 1. The standard InChI is InChI=1S/C17H26BrN3O2.HI/c1-3-19-17(21-14-5-7-15(22)8-6-14)20-11-12-10-13(18)4-9-16(12)23-2;/h4,9-10,14-15,22H,3,5-8,11H2,1-2H3,(H2,19,20,21);1H. The first-order valence-electron chi connectivity index (χ1n) is 8.17. The molecule has 0 aliphatic heterocycles. The van der Waals surface area contributed by atoms with Gasteiger partial charge in [0, 0.05) is 22.6 Å². The minimum absolute atomic E-state index is 0. The second-order valence-corrected chi connectivity index (χ2v) is 6.72. The topological polar surface area (TPSA) is 65.9 Å². The highest BCUT2D eigenvalue weighted by Crippen LogP contribution is 2.23. The van der Waals surface area contributed by atoms with Gasteiger partial charge in [-0.05, 0) is 50.8 Å². The first kappa shape index (κ1) is 21.5. The van der Waals surface area contributed by atoms with Crippen molar-refractivity contribution < 1.29 is 9.84 Å². The van der Waals surface area contributed by atoms with Crippen molar-refractivity contribution in [1.29, 1.82) is 0 Å². The highest BCUT2D eigenvalue weighted by Gasteiger charge is 2.20. The van der Waals surface area contributed by atoms with Crippen LogP contribution in [0, 0.1) is 0 Å². The van der Waals surface area contributed by atoms with Crippen molar-refractivity contribution in [2.75, 3.05) is 13.7 Å². The molecule has 1 aliphatic rings. The summed E-state index contributed by atoms with van der Waals surface area (Å²) in [5.41, 5.74) is 1.04. The van der Waals surface area contributed by atoms with Gasteiger partial charge in [-0.25, -0.2) is 4.99 Å². The van der Waals surface area contributed by atoms with Crippen LogP contribution in [0.2, 0.25) is 0 Å². The maximum atomic E-state index is 9.61. The molecule has 0 radical (unpaired) electrons. The van der Waals surface area contributed by atoms with Crippen molar-refractivity contribution in [3.63, 3.8) is 0 Å². The molecule has 0 saturated heterocycles. The number of guanidine groups is 1. The number of hydrogen-bond donors (Lipinski definition) is 3. The second kappa shape index (κ2) is 11.1. The Hall–Kier alpha value is -0.540. The molecule has 7 heteroatoms. The molecule has 0 spiro atoms. The molecule has 0 aromatic heterocycles. The third-order valence-corrected chi connectivity index (χ3v) is 4.52. The van der Waals surface area contributed by atoms with Crippen molar-refractivity contribution in [3.8, 4) is 5.75 Å². The van der Waals surface area contributed by atoms with Crippen molar-refractivity contribution in [1.82, 2.24) is 10.6 Å². The molecule has 0 heterocycles. The van der Waals surface area contributed by atoms with Gasteiger partial charge < -0.3 is 20.5 Å². The number of benzene rings is 1. The van der Waals surface area contributed by atoms with Crippen LogP contribution in [0.4, 0.5) is 0 Å². The molecule has 5 nitrogen and oxygen atoms in total. The van der Waals surface area contributed by atoms with Crippen LogP contribution < -0.4 is 15.4 Å². The van der Waals surface area contributed by atoms with Crippen LogP contribution in [-0.4, -0.2) is 36.9 Å². The Labute approximate surface area is 169 Å². The number of ether oxygens (including phenoxy) is 1. The van der Waals surface area contributed by atoms with E-state index < -0.39 is 0 Å². The van der Waals surface area contributed by atoms with E-state index in [4.69, 9.17) is 4.74 Å². The van der Waals surface area contributed by atoms with Gasteiger partial charge in [-0.3, -0.25) is 0 Å². The molecule has 136 valence electrons. The Morgan fingerprint density at radius 1 is 1.33 bits per heavy atom. The van der Waals surface area contributed by atoms with Gasteiger partial charge in [0.05, 0.1) is 19.8 Å². The lowest BCUT2D eigenvalue weighted by atomic mass is 9.93. The quantitative estimate of drug-likeness (QED) is 0.322. The molecular formula is C17H27BrIN3O2. The molecule has 3 N–H and O–H groups in total. The van der Waals surface area contributed by atoms with E-state index in [2.05, 4.69) is 38.5 Å². The van der Waals surface area contributed by atoms with E-state index in [1.165, 1.54) is 0 Å². The predicted molar refractivity (Wildman–Crippen MR) is 112 cm³/mol. The van der Waals surface area contributed by atoms with Crippen LogP contribution >= 0.6 is 39.9 Å². The summed E-state index contributed by atoms with van der Waals surface area (Å²) in [6, 6.07) is 6.31. The average molecular weight is 512 g/mol. The van der Waals surface area contributed by atoms with E-state index in [0.29, 0.717) is 12.6 Å². The fourth-order valence-electron chi connectivity index (χ4n) is 2.77. The molecule has 2 rings (SSSR count). The largest absolute Gasteiger partial charge is 0.496 e. The minimum Gasteiger partial charge on any atom is -0.496 e. The summed E-state index contributed by atoms with van der Waals surface area (Å²) >= 11 is 3.49. The van der Waals surface area contributed by atoms with Gasteiger partial charge in [0.2, 0.25) is 0 Å². The molecule has 0 unspecified atom stereocenters. The molecular weight excluding hydrogens is 485 g/mol. The number of hydrogen-bond acceptors (Lipinski definition) is 3. The molecule has 24 heavy (non-hydrogen) atoms. The molecule has 1 saturated carbocycles. The number of halogens is 2. The van der Waals surface area contributed by atoms with Crippen molar-refractivity contribution >= 4 is 45.9 Å². The van der Waals surface area contributed by atoms with E-state index in [1.54, 1.807) is 7.11 Å². The lowest BCUT2D eigenvalue weighted by Gasteiger charge is -2.27. The van der Waals surface area contributed by atoms with Gasteiger partial charge in [0.25, 0.3) is 0 Å². The highest BCUT2D eigenvalue weighted by atomic mass is 127. The SMILES string of the molecule is CCNC(=NCc1cc(Br)ccc1OC)NC1CCC(O)CC1.I. The minimum atomic E-state index is -0.140. The van der Waals surface area contributed by atoms with Gasteiger partial charge in [-0.1, -0.05) is 15.9 Å². The number of rotatable bonds is 5. The van der Waals surface area contributed by atoms with Crippen LogP contribution in [0.15, 0.2) is 27.7 Å².